The van der Waals surface area contributed by atoms with E-state index >= 15 is 0 Å². The Bertz CT molecular complexity index is 329. The lowest BCUT2D eigenvalue weighted by atomic mass is 10.4. The van der Waals surface area contributed by atoms with E-state index < -0.39 is 0 Å². The first-order chi connectivity index (χ1) is 5.77. The zero-order valence-electron chi connectivity index (χ0n) is 6.20. The molecule has 5 heteroatoms. The standard InChI is InChI=1S/C7H6BrN3S/c1-10-4-5(11-9)6-2-3-7(8)12-6/h2-4,9H,1H2/p+1/b5-4-,11-9?. The molecule has 0 aromatic carbocycles. The predicted octanol–water partition coefficient (Wildman–Crippen LogP) is 1.72. The molecule has 2 N–H and O–H groups in total. The van der Waals surface area contributed by atoms with Crippen molar-refractivity contribution in [1.29, 1.82) is 0 Å². The monoisotopic (exact) mass is 244 g/mol. The van der Waals surface area contributed by atoms with Crippen LogP contribution in [0.15, 0.2) is 32.2 Å². The van der Waals surface area contributed by atoms with Gasteiger partial charge in [0.05, 0.1) is 14.9 Å². The van der Waals surface area contributed by atoms with E-state index in [0.29, 0.717) is 5.70 Å². The summed E-state index contributed by atoms with van der Waals surface area (Å²) in [7, 11) is 0. The number of thiophene rings is 1. The zero-order chi connectivity index (χ0) is 8.97. The Hall–Kier alpha value is -0.810. The van der Waals surface area contributed by atoms with Gasteiger partial charge >= 0.3 is 0 Å². The Kier molecular flexibility index (Phi) is 3.31. The Morgan fingerprint density at radius 3 is 2.83 bits per heavy atom. The van der Waals surface area contributed by atoms with Crippen LogP contribution in [0, 0.1) is 0 Å². The SMILES string of the molecule is C=N/C=C(\N=[NH2+])c1ccc(Br)s1. The number of hydrogen-bond acceptors (Lipinski definition) is 3. The fourth-order valence-electron chi connectivity index (χ4n) is 0.699. The van der Waals surface area contributed by atoms with Crippen molar-refractivity contribution in [2.75, 3.05) is 0 Å². The maximum Gasteiger partial charge on any atom is 0.165 e. The van der Waals surface area contributed by atoms with Crippen molar-refractivity contribution in [1.82, 2.24) is 0 Å². The molecule has 0 amide bonds. The van der Waals surface area contributed by atoms with Gasteiger partial charge in [0.1, 0.15) is 0 Å². The van der Waals surface area contributed by atoms with E-state index in [0.717, 1.165) is 8.66 Å². The van der Waals surface area contributed by atoms with Crippen LogP contribution >= 0.6 is 27.3 Å². The molecule has 0 bridgehead atoms. The minimum atomic E-state index is 0.640. The van der Waals surface area contributed by atoms with E-state index in [2.05, 4.69) is 32.8 Å². The Morgan fingerprint density at radius 1 is 1.67 bits per heavy atom. The number of rotatable bonds is 3. The van der Waals surface area contributed by atoms with Gasteiger partial charge in [-0.3, -0.25) is 4.99 Å². The van der Waals surface area contributed by atoms with Crippen LogP contribution < -0.4 is 5.53 Å². The lowest BCUT2D eigenvalue weighted by Crippen LogP contribution is -2.23. The summed E-state index contributed by atoms with van der Waals surface area (Å²) in [5.41, 5.74) is 5.80. The van der Waals surface area contributed by atoms with Gasteiger partial charge in [-0.2, -0.15) is 5.53 Å². The smallest absolute Gasteiger partial charge is 0.165 e. The van der Waals surface area contributed by atoms with E-state index in [9.17, 15) is 0 Å². The number of halogens is 1. The van der Waals surface area contributed by atoms with Gasteiger partial charge in [0.15, 0.2) is 5.70 Å². The number of nitrogens with two attached hydrogens (primary N) is 1. The third kappa shape index (κ3) is 2.09. The quantitative estimate of drug-likeness (QED) is 0.622. The van der Waals surface area contributed by atoms with Crippen LogP contribution in [-0.4, -0.2) is 6.72 Å². The third-order valence-corrected chi connectivity index (χ3v) is 2.82. The van der Waals surface area contributed by atoms with Crippen molar-refractivity contribution >= 4 is 39.7 Å². The van der Waals surface area contributed by atoms with Crippen molar-refractivity contribution in [2.24, 2.45) is 10.1 Å². The van der Waals surface area contributed by atoms with E-state index in [-0.39, 0.29) is 0 Å². The predicted molar refractivity (Wildman–Crippen MR) is 53.9 cm³/mol. The van der Waals surface area contributed by atoms with Crippen LogP contribution in [0.25, 0.3) is 5.70 Å². The summed E-state index contributed by atoms with van der Waals surface area (Å²) in [6.07, 6.45) is 1.53. The largest absolute Gasteiger partial charge is 0.270 e. The van der Waals surface area contributed by atoms with Gasteiger partial charge < -0.3 is 0 Å². The molecular weight excluding hydrogens is 238 g/mol. The molecule has 0 fully saturated rings. The lowest BCUT2D eigenvalue weighted by molar-refractivity contribution is -0.209. The summed E-state index contributed by atoms with van der Waals surface area (Å²) in [4.78, 5) is 4.57. The first-order valence-electron chi connectivity index (χ1n) is 3.10. The summed E-state index contributed by atoms with van der Waals surface area (Å²) in [6, 6.07) is 3.85. The Morgan fingerprint density at radius 2 is 2.42 bits per heavy atom. The minimum absolute atomic E-state index is 0.640. The van der Waals surface area contributed by atoms with Crippen LogP contribution in [-0.2, 0) is 0 Å². The maximum atomic E-state index is 5.16. The fourth-order valence-corrected chi connectivity index (χ4v) is 2.05. The molecule has 0 saturated heterocycles. The van der Waals surface area contributed by atoms with Crippen molar-refractivity contribution in [2.45, 2.75) is 0 Å². The van der Waals surface area contributed by atoms with Crippen LogP contribution in [0.5, 0.6) is 0 Å². The summed E-state index contributed by atoms with van der Waals surface area (Å²) < 4.78 is 1.04. The molecule has 0 spiro atoms. The Balaban J connectivity index is 3.02. The highest BCUT2D eigenvalue weighted by Gasteiger charge is 2.04. The molecule has 0 atom stereocenters. The molecule has 1 rings (SSSR count). The molecule has 0 aliphatic carbocycles. The molecule has 0 radical (unpaired) electrons. The van der Waals surface area contributed by atoms with Crippen molar-refractivity contribution < 1.29 is 5.53 Å². The molecule has 1 aromatic rings. The average Bonchev–Trinajstić information content (AvgIpc) is 2.47. The highest BCUT2D eigenvalue weighted by Crippen LogP contribution is 2.27. The summed E-state index contributed by atoms with van der Waals surface area (Å²) >= 11 is 4.89. The van der Waals surface area contributed by atoms with Gasteiger partial charge in [0.25, 0.3) is 0 Å². The topological polar surface area (TPSA) is 50.3 Å². The van der Waals surface area contributed by atoms with Crippen LogP contribution in [0.1, 0.15) is 4.88 Å². The van der Waals surface area contributed by atoms with Gasteiger partial charge in [-0.1, -0.05) is 0 Å². The molecule has 12 heavy (non-hydrogen) atoms. The van der Waals surface area contributed by atoms with Gasteiger partial charge in [0.2, 0.25) is 0 Å². The van der Waals surface area contributed by atoms with Crippen molar-refractivity contribution in [3.63, 3.8) is 0 Å². The summed E-state index contributed by atoms with van der Waals surface area (Å²) in [6.45, 7) is 3.33. The van der Waals surface area contributed by atoms with E-state index in [1.807, 2.05) is 12.1 Å². The normalized spacial score (nSPS) is 11.2. The van der Waals surface area contributed by atoms with Crippen molar-refractivity contribution in [3.8, 4) is 0 Å². The van der Waals surface area contributed by atoms with Crippen LogP contribution in [0.3, 0.4) is 0 Å². The molecule has 0 unspecified atom stereocenters. The van der Waals surface area contributed by atoms with Gasteiger partial charge in [-0.05, 0) is 39.9 Å². The molecule has 1 heterocycles. The third-order valence-electron chi connectivity index (χ3n) is 1.18. The summed E-state index contributed by atoms with van der Waals surface area (Å²) in [5.74, 6) is 0. The van der Waals surface area contributed by atoms with Crippen LogP contribution in [0.2, 0.25) is 0 Å². The second-order valence-electron chi connectivity index (χ2n) is 1.93. The first-order valence-corrected chi connectivity index (χ1v) is 4.71. The number of nitrogens with zero attached hydrogens (tertiary/aromatic N) is 2. The average molecular weight is 245 g/mol. The maximum absolute atomic E-state index is 5.16. The first kappa shape index (κ1) is 9.28. The molecule has 1 aromatic heterocycles. The second kappa shape index (κ2) is 4.27. The van der Waals surface area contributed by atoms with Gasteiger partial charge in [-0.15, -0.1) is 11.3 Å². The molecule has 0 aliphatic heterocycles. The number of hydrogen-bond donors (Lipinski definition) is 1. The molecule has 0 saturated carbocycles. The van der Waals surface area contributed by atoms with Crippen molar-refractivity contribution in [3.05, 3.63) is 27.0 Å². The molecule has 0 aliphatic rings. The molecule has 62 valence electrons. The van der Waals surface area contributed by atoms with Gasteiger partial charge in [-0.25, -0.2) is 0 Å². The number of aliphatic imine (C=N–C) groups is 1. The minimum Gasteiger partial charge on any atom is -0.270 e. The van der Waals surface area contributed by atoms with E-state index in [1.54, 1.807) is 11.3 Å². The highest BCUT2D eigenvalue weighted by molar-refractivity contribution is 9.11. The second-order valence-corrected chi connectivity index (χ2v) is 4.39. The van der Waals surface area contributed by atoms with E-state index in [4.69, 9.17) is 5.53 Å². The van der Waals surface area contributed by atoms with E-state index in [1.165, 1.54) is 6.20 Å². The summed E-state index contributed by atoms with van der Waals surface area (Å²) in [5, 5.41) is 3.58. The van der Waals surface area contributed by atoms with Gasteiger partial charge in [0, 0.05) is 0 Å². The molecule has 3 nitrogen and oxygen atoms in total. The Labute approximate surface area is 82.5 Å². The fraction of sp³-hybridized carbons (Fsp3) is 0. The molecular formula is C7H7BrN3S+. The lowest BCUT2D eigenvalue weighted by Gasteiger charge is -1.87. The zero-order valence-corrected chi connectivity index (χ0v) is 8.60. The van der Waals surface area contributed by atoms with Crippen LogP contribution in [0.4, 0.5) is 0 Å². The highest BCUT2D eigenvalue weighted by atomic mass is 79.9.